The second-order valence-electron chi connectivity index (χ2n) is 8.24. The predicted octanol–water partition coefficient (Wildman–Crippen LogP) is 5.31. The summed E-state index contributed by atoms with van der Waals surface area (Å²) in [5, 5.41) is 3.33. The van der Waals surface area contributed by atoms with E-state index in [1.165, 1.54) is 6.92 Å². The van der Waals surface area contributed by atoms with Crippen LogP contribution in [-0.4, -0.2) is 29.3 Å². The number of hydrogen-bond acceptors (Lipinski definition) is 6. The van der Waals surface area contributed by atoms with E-state index in [-0.39, 0.29) is 5.78 Å². The van der Waals surface area contributed by atoms with Crippen LogP contribution in [0.1, 0.15) is 51.1 Å². The van der Waals surface area contributed by atoms with Gasteiger partial charge >= 0.3 is 5.97 Å². The van der Waals surface area contributed by atoms with Crippen LogP contribution >= 0.6 is 0 Å². The summed E-state index contributed by atoms with van der Waals surface area (Å²) in [5.74, 6) is -0.570. The minimum absolute atomic E-state index is 0.171. The van der Waals surface area contributed by atoms with Crippen LogP contribution < -0.4 is 5.32 Å². The molecule has 1 aliphatic carbocycles. The van der Waals surface area contributed by atoms with Gasteiger partial charge in [0, 0.05) is 10.9 Å². The first-order chi connectivity index (χ1) is 17.0. The van der Waals surface area contributed by atoms with Gasteiger partial charge in [0.15, 0.2) is 12.4 Å². The van der Waals surface area contributed by atoms with Crippen molar-refractivity contribution < 1.29 is 23.5 Å². The topological polar surface area (TPSA) is 98.5 Å². The number of allylic oxidation sites excluding steroid dienone is 1. The standard InChI is InChI=1S/C28H22N2O5/c1-17(31)20-8-2-4-10-23(20)29-25(32)16-35-28(33)26-21-9-3-5-11-24(21)30-27-18(12-13-22(26)27)15-19-7-6-14-34-19/h2-11,14-15H,12-13,16H2,1H3,(H,29,32)/b18-15-. The SMILES string of the molecule is CC(=O)c1ccccc1NC(=O)COC(=O)c1c2c(nc3ccccc13)/C(=C\c1ccco1)CC2. The number of carbonyl (C=O) groups excluding carboxylic acids is 3. The number of aromatic nitrogens is 1. The van der Waals surface area contributed by atoms with Crippen molar-refractivity contribution in [3.05, 3.63) is 95.1 Å². The first kappa shape index (κ1) is 22.3. The molecule has 0 bridgehead atoms. The number of Topliss-reactive ketones (excluding diaryl/α,β-unsaturated/α-hetero) is 1. The molecule has 2 aromatic carbocycles. The third kappa shape index (κ3) is 4.48. The second-order valence-corrected chi connectivity index (χ2v) is 8.24. The molecule has 2 heterocycles. The van der Waals surface area contributed by atoms with Gasteiger partial charge in [-0.1, -0.05) is 30.3 Å². The average Bonchev–Trinajstić information content (AvgIpc) is 3.52. The van der Waals surface area contributed by atoms with E-state index in [1.54, 1.807) is 30.5 Å². The van der Waals surface area contributed by atoms with Crippen LogP contribution in [0.4, 0.5) is 5.69 Å². The van der Waals surface area contributed by atoms with E-state index < -0.39 is 18.5 Å². The molecule has 0 saturated carbocycles. The minimum Gasteiger partial charge on any atom is -0.465 e. The van der Waals surface area contributed by atoms with Gasteiger partial charge in [0.25, 0.3) is 5.91 Å². The van der Waals surface area contributed by atoms with Crippen LogP contribution in [0.5, 0.6) is 0 Å². The first-order valence-electron chi connectivity index (χ1n) is 11.2. The molecule has 35 heavy (non-hydrogen) atoms. The van der Waals surface area contributed by atoms with Crippen molar-refractivity contribution in [3.63, 3.8) is 0 Å². The van der Waals surface area contributed by atoms with Gasteiger partial charge in [-0.25, -0.2) is 9.78 Å². The Balaban J connectivity index is 1.41. The van der Waals surface area contributed by atoms with E-state index in [9.17, 15) is 14.4 Å². The van der Waals surface area contributed by atoms with Crippen LogP contribution in [-0.2, 0) is 16.0 Å². The van der Waals surface area contributed by atoms with Gasteiger partial charge in [-0.15, -0.1) is 0 Å². The quantitative estimate of drug-likeness (QED) is 0.305. The molecule has 7 heteroatoms. The molecule has 4 aromatic rings. The van der Waals surface area contributed by atoms with Crippen LogP contribution in [0.25, 0.3) is 22.6 Å². The summed E-state index contributed by atoms with van der Waals surface area (Å²) in [4.78, 5) is 42.4. The Morgan fingerprint density at radius 1 is 1.03 bits per heavy atom. The summed E-state index contributed by atoms with van der Waals surface area (Å²) in [6.07, 6.45) is 4.88. The molecule has 0 aliphatic heterocycles. The van der Waals surface area contributed by atoms with Gasteiger partial charge in [0.1, 0.15) is 5.76 Å². The normalized spacial score (nSPS) is 13.6. The number of furan rings is 1. The number of para-hydroxylation sites is 2. The van der Waals surface area contributed by atoms with Crippen LogP contribution in [0.2, 0.25) is 0 Å². The van der Waals surface area contributed by atoms with E-state index >= 15 is 0 Å². The fourth-order valence-corrected chi connectivity index (χ4v) is 4.35. The molecular formula is C28H22N2O5. The molecule has 0 unspecified atom stereocenters. The highest BCUT2D eigenvalue weighted by Gasteiger charge is 2.28. The lowest BCUT2D eigenvalue weighted by Gasteiger charge is -2.13. The average molecular weight is 466 g/mol. The van der Waals surface area contributed by atoms with Gasteiger partial charge in [-0.05, 0) is 67.3 Å². The Kier molecular flexibility index (Phi) is 5.97. The number of esters is 1. The van der Waals surface area contributed by atoms with Crippen molar-refractivity contribution in [2.24, 2.45) is 0 Å². The summed E-state index contributed by atoms with van der Waals surface area (Å²) >= 11 is 0. The molecule has 174 valence electrons. The summed E-state index contributed by atoms with van der Waals surface area (Å²) < 4.78 is 10.9. The van der Waals surface area contributed by atoms with Crippen LogP contribution in [0.15, 0.2) is 71.3 Å². The zero-order valence-corrected chi connectivity index (χ0v) is 19.0. The van der Waals surface area contributed by atoms with E-state index in [0.717, 1.165) is 22.6 Å². The number of nitrogens with one attached hydrogen (secondary N) is 1. The predicted molar refractivity (Wildman–Crippen MR) is 132 cm³/mol. The third-order valence-electron chi connectivity index (χ3n) is 5.92. The Labute approximate surface area is 201 Å². The highest BCUT2D eigenvalue weighted by atomic mass is 16.5. The maximum Gasteiger partial charge on any atom is 0.339 e. The number of fused-ring (bicyclic) bond motifs is 2. The zero-order chi connectivity index (χ0) is 24.4. The number of rotatable bonds is 6. The fraction of sp³-hybridized carbons (Fsp3) is 0.143. The number of ether oxygens (including phenoxy) is 1. The Hall–Kier alpha value is -4.52. The summed E-state index contributed by atoms with van der Waals surface area (Å²) in [6.45, 7) is 0.945. The van der Waals surface area contributed by atoms with Crippen molar-refractivity contribution >= 4 is 45.9 Å². The van der Waals surface area contributed by atoms with Gasteiger partial charge in [-0.2, -0.15) is 0 Å². The van der Waals surface area contributed by atoms with Gasteiger partial charge < -0.3 is 14.5 Å². The highest BCUT2D eigenvalue weighted by Crippen LogP contribution is 2.37. The van der Waals surface area contributed by atoms with Crippen molar-refractivity contribution in [2.45, 2.75) is 19.8 Å². The lowest BCUT2D eigenvalue weighted by Crippen LogP contribution is -2.22. The molecule has 1 N–H and O–H groups in total. The fourth-order valence-electron chi connectivity index (χ4n) is 4.35. The van der Waals surface area contributed by atoms with Crippen molar-refractivity contribution in [3.8, 4) is 0 Å². The maximum absolute atomic E-state index is 13.3. The molecule has 5 rings (SSSR count). The molecule has 0 saturated heterocycles. The van der Waals surface area contributed by atoms with Gasteiger partial charge in [0.2, 0.25) is 0 Å². The minimum atomic E-state index is -0.589. The smallest absolute Gasteiger partial charge is 0.339 e. The van der Waals surface area contributed by atoms with Crippen LogP contribution in [0.3, 0.4) is 0 Å². The highest BCUT2D eigenvalue weighted by molar-refractivity contribution is 6.08. The van der Waals surface area contributed by atoms with Crippen molar-refractivity contribution in [2.75, 3.05) is 11.9 Å². The number of amides is 1. The maximum atomic E-state index is 13.3. The first-order valence-corrected chi connectivity index (χ1v) is 11.2. The number of nitrogens with zero attached hydrogens (tertiary/aromatic N) is 1. The molecular weight excluding hydrogens is 444 g/mol. The number of ketones is 1. The summed E-state index contributed by atoms with van der Waals surface area (Å²) in [7, 11) is 0. The number of hydrogen-bond donors (Lipinski definition) is 1. The molecule has 0 spiro atoms. The number of anilines is 1. The largest absolute Gasteiger partial charge is 0.465 e. The van der Waals surface area contributed by atoms with E-state index in [0.29, 0.717) is 40.6 Å². The molecule has 0 atom stereocenters. The molecule has 0 radical (unpaired) electrons. The number of pyridine rings is 1. The molecule has 1 amide bonds. The van der Waals surface area contributed by atoms with Gasteiger partial charge in [-0.3, -0.25) is 9.59 Å². The third-order valence-corrected chi connectivity index (χ3v) is 5.92. The number of benzene rings is 2. The molecule has 7 nitrogen and oxygen atoms in total. The zero-order valence-electron chi connectivity index (χ0n) is 19.0. The van der Waals surface area contributed by atoms with Crippen LogP contribution in [0, 0.1) is 0 Å². The lowest BCUT2D eigenvalue weighted by atomic mass is 10.0. The molecule has 1 aliphatic rings. The summed E-state index contributed by atoms with van der Waals surface area (Å²) in [5.41, 5.74) is 4.38. The van der Waals surface area contributed by atoms with Gasteiger partial charge in [0.05, 0.1) is 28.7 Å². The van der Waals surface area contributed by atoms with E-state index in [2.05, 4.69) is 5.32 Å². The molecule has 2 aromatic heterocycles. The Bertz CT molecular complexity index is 1480. The van der Waals surface area contributed by atoms with Crippen molar-refractivity contribution in [1.82, 2.24) is 4.98 Å². The Morgan fingerprint density at radius 2 is 1.83 bits per heavy atom. The van der Waals surface area contributed by atoms with Crippen molar-refractivity contribution in [1.29, 1.82) is 0 Å². The number of carbonyl (C=O) groups is 3. The lowest BCUT2D eigenvalue weighted by molar-refractivity contribution is -0.119. The second kappa shape index (κ2) is 9.38. The Morgan fingerprint density at radius 3 is 2.63 bits per heavy atom. The van der Waals surface area contributed by atoms with E-state index in [4.69, 9.17) is 14.1 Å². The monoisotopic (exact) mass is 466 g/mol. The van der Waals surface area contributed by atoms with E-state index in [1.807, 2.05) is 42.5 Å². The molecule has 0 fully saturated rings. The summed E-state index contributed by atoms with van der Waals surface area (Å²) in [6, 6.07) is 17.8.